The summed E-state index contributed by atoms with van der Waals surface area (Å²) in [5.41, 5.74) is 1.62. The number of hydrogen-bond donors (Lipinski definition) is 3. The van der Waals surface area contributed by atoms with E-state index in [0.717, 1.165) is 18.4 Å². The van der Waals surface area contributed by atoms with Gasteiger partial charge in [0.1, 0.15) is 5.75 Å². The van der Waals surface area contributed by atoms with Crippen molar-refractivity contribution in [2.45, 2.75) is 45.1 Å². The molecule has 0 aromatic heterocycles. The smallest absolute Gasteiger partial charge is 0.338 e. The summed E-state index contributed by atoms with van der Waals surface area (Å²) in [5, 5.41) is 14.9. The minimum atomic E-state index is -0.590. The van der Waals surface area contributed by atoms with Gasteiger partial charge in [0.2, 0.25) is 0 Å². The Kier molecular flexibility index (Phi) is 5.26. The van der Waals surface area contributed by atoms with E-state index in [0.29, 0.717) is 23.8 Å². The maximum Gasteiger partial charge on any atom is 0.338 e. The zero-order valence-corrected chi connectivity index (χ0v) is 14.4. The molecular weight excluding hydrogens is 320 g/mol. The van der Waals surface area contributed by atoms with Gasteiger partial charge < -0.3 is 20.5 Å². The molecule has 1 aliphatic carbocycles. The lowest BCUT2D eigenvalue weighted by atomic mass is 9.90. The summed E-state index contributed by atoms with van der Waals surface area (Å²) in [5.74, 6) is 0.150. The number of carbonyl (C=O) groups is 2. The predicted molar refractivity (Wildman–Crippen MR) is 92.7 cm³/mol. The number of phenolic OH excluding ortho intramolecular Hbond substituents is 1. The van der Waals surface area contributed by atoms with Gasteiger partial charge in [0.25, 0.3) is 0 Å². The third-order valence-electron chi connectivity index (χ3n) is 4.89. The lowest BCUT2D eigenvalue weighted by Crippen LogP contribution is -2.45. The Balaban J connectivity index is 1.76. The van der Waals surface area contributed by atoms with E-state index in [1.54, 1.807) is 19.1 Å². The fourth-order valence-electron chi connectivity index (χ4n) is 3.51. The summed E-state index contributed by atoms with van der Waals surface area (Å²) in [6, 6.07) is 5.49. The molecule has 0 bridgehead atoms. The lowest BCUT2D eigenvalue weighted by molar-refractivity contribution is -0.141. The van der Waals surface area contributed by atoms with Crippen LogP contribution >= 0.6 is 0 Å². The maximum absolute atomic E-state index is 12.7. The lowest BCUT2D eigenvalue weighted by Gasteiger charge is -2.29. The van der Waals surface area contributed by atoms with Gasteiger partial charge in [0.05, 0.1) is 18.2 Å². The van der Waals surface area contributed by atoms with Crippen LogP contribution in [0.5, 0.6) is 5.75 Å². The maximum atomic E-state index is 12.7. The molecule has 1 aromatic rings. The van der Waals surface area contributed by atoms with Crippen molar-refractivity contribution in [3.8, 4) is 5.75 Å². The van der Waals surface area contributed by atoms with Crippen LogP contribution in [-0.4, -0.2) is 23.7 Å². The van der Waals surface area contributed by atoms with Crippen LogP contribution in [-0.2, 0) is 9.53 Å². The Morgan fingerprint density at radius 2 is 1.88 bits per heavy atom. The van der Waals surface area contributed by atoms with Crippen LogP contribution in [0, 0.1) is 5.92 Å². The number of urea groups is 1. The van der Waals surface area contributed by atoms with Crippen molar-refractivity contribution in [1.82, 2.24) is 10.6 Å². The number of rotatable bonds is 4. The van der Waals surface area contributed by atoms with Crippen molar-refractivity contribution in [2.75, 3.05) is 6.61 Å². The van der Waals surface area contributed by atoms with Crippen LogP contribution in [0.4, 0.5) is 4.79 Å². The number of nitrogens with one attached hydrogen (secondary N) is 2. The predicted octanol–water partition coefficient (Wildman–Crippen LogP) is 3.14. The number of phenols is 1. The molecule has 1 fully saturated rings. The number of benzene rings is 1. The number of esters is 1. The van der Waals surface area contributed by atoms with Crippen LogP contribution in [0.25, 0.3) is 0 Å². The molecule has 1 aromatic carbocycles. The average molecular weight is 344 g/mol. The number of amides is 2. The number of allylic oxidation sites excluding steroid dienone is 1. The first-order valence-electron chi connectivity index (χ1n) is 8.79. The van der Waals surface area contributed by atoms with Crippen molar-refractivity contribution in [3.63, 3.8) is 0 Å². The molecule has 0 spiro atoms. The number of aromatic hydroxyl groups is 1. The van der Waals surface area contributed by atoms with Crippen molar-refractivity contribution < 1.29 is 19.4 Å². The summed E-state index contributed by atoms with van der Waals surface area (Å²) in [7, 11) is 0. The van der Waals surface area contributed by atoms with Gasteiger partial charge in [-0.15, -0.1) is 0 Å². The SMILES string of the molecule is CC1=C(C(=O)OCC2CCCCC2)[C@@H](c2ccc(O)cc2)NC(=O)N1. The first kappa shape index (κ1) is 17.3. The molecule has 1 atom stereocenters. The highest BCUT2D eigenvalue weighted by Crippen LogP contribution is 2.29. The first-order valence-corrected chi connectivity index (χ1v) is 8.79. The minimum absolute atomic E-state index is 0.131. The summed E-state index contributed by atoms with van der Waals surface area (Å²) >= 11 is 0. The van der Waals surface area contributed by atoms with E-state index in [2.05, 4.69) is 10.6 Å². The van der Waals surface area contributed by atoms with Crippen molar-refractivity contribution in [2.24, 2.45) is 5.92 Å². The molecule has 2 amide bonds. The highest BCUT2D eigenvalue weighted by molar-refractivity contribution is 5.95. The Labute approximate surface area is 147 Å². The molecule has 25 heavy (non-hydrogen) atoms. The second kappa shape index (κ2) is 7.59. The molecule has 6 heteroatoms. The molecule has 1 heterocycles. The van der Waals surface area contributed by atoms with Gasteiger partial charge in [-0.3, -0.25) is 0 Å². The van der Waals surface area contributed by atoms with Gasteiger partial charge >= 0.3 is 12.0 Å². The average Bonchev–Trinajstić information content (AvgIpc) is 2.60. The fourth-order valence-corrected chi connectivity index (χ4v) is 3.51. The second-order valence-electron chi connectivity index (χ2n) is 6.76. The fraction of sp³-hybridized carbons (Fsp3) is 0.474. The van der Waals surface area contributed by atoms with Gasteiger partial charge in [0.15, 0.2) is 0 Å². The molecular formula is C19H24N2O4. The molecule has 1 aliphatic heterocycles. The second-order valence-corrected chi connectivity index (χ2v) is 6.76. The molecule has 3 rings (SSSR count). The molecule has 0 radical (unpaired) electrons. The highest BCUT2D eigenvalue weighted by atomic mass is 16.5. The molecule has 3 N–H and O–H groups in total. The summed E-state index contributed by atoms with van der Waals surface area (Å²) in [6.45, 7) is 2.12. The van der Waals surface area contributed by atoms with Gasteiger partial charge in [-0.1, -0.05) is 31.4 Å². The van der Waals surface area contributed by atoms with Crippen LogP contribution < -0.4 is 10.6 Å². The minimum Gasteiger partial charge on any atom is -0.508 e. The zero-order chi connectivity index (χ0) is 17.8. The molecule has 0 unspecified atom stereocenters. The molecule has 6 nitrogen and oxygen atoms in total. The number of hydrogen-bond acceptors (Lipinski definition) is 4. The largest absolute Gasteiger partial charge is 0.508 e. The van der Waals surface area contributed by atoms with Gasteiger partial charge in [-0.2, -0.15) is 0 Å². The molecule has 0 saturated heterocycles. The monoisotopic (exact) mass is 344 g/mol. The molecule has 1 saturated carbocycles. The first-order chi connectivity index (χ1) is 12.0. The van der Waals surface area contributed by atoms with Crippen molar-refractivity contribution in [3.05, 3.63) is 41.1 Å². The van der Waals surface area contributed by atoms with Crippen LogP contribution in [0.15, 0.2) is 35.5 Å². The van der Waals surface area contributed by atoms with Crippen LogP contribution in [0.1, 0.15) is 50.6 Å². The Hall–Kier alpha value is -2.50. The van der Waals surface area contributed by atoms with Crippen molar-refractivity contribution in [1.29, 1.82) is 0 Å². The summed E-state index contributed by atoms with van der Waals surface area (Å²) in [4.78, 5) is 24.5. The van der Waals surface area contributed by atoms with E-state index in [1.165, 1.54) is 31.4 Å². The number of ether oxygens (including phenoxy) is 1. The molecule has 134 valence electrons. The quantitative estimate of drug-likeness (QED) is 0.732. The van der Waals surface area contributed by atoms with Crippen molar-refractivity contribution >= 4 is 12.0 Å². The van der Waals surface area contributed by atoms with E-state index in [4.69, 9.17) is 4.74 Å². The van der Waals surface area contributed by atoms with E-state index in [1.807, 2.05) is 0 Å². The zero-order valence-electron chi connectivity index (χ0n) is 14.4. The van der Waals surface area contributed by atoms with Crippen LogP contribution in [0.2, 0.25) is 0 Å². The normalized spacial score (nSPS) is 21.5. The van der Waals surface area contributed by atoms with Gasteiger partial charge in [0, 0.05) is 5.70 Å². The topological polar surface area (TPSA) is 87.7 Å². The third-order valence-corrected chi connectivity index (χ3v) is 4.89. The van der Waals surface area contributed by atoms with Gasteiger partial charge in [-0.25, -0.2) is 9.59 Å². The van der Waals surface area contributed by atoms with Crippen LogP contribution in [0.3, 0.4) is 0 Å². The highest BCUT2D eigenvalue weighted by Gasteiger charge is 2.32. The Bertz CT molecular complexity index is 675. The van der Waals surface area contributed by atoms with E-state index >= 15 is 0 Å². The Morgan fingerprint density at radius 1 is 1.20 bits per heavy atom. The standard InChI is InChI=1S/C19H24N2O4/c1-12-16(18(23)25-11-13-5-3-2-4-6-13)17(21-19(24)20-12)14-7-9-15(22)10-8-14/h7-10,13,17,22H,2-6,11H2,1H3,(H2,20,21,24)/t17-/m1/s1. The van der Waals surface area contributed by atoms with E-state index in [9.17, 15) is 14.7 Å². The third kappa shape index (κ3) is 4.13. The van der Waals surface area contributed by atoms with E-state index < -0.39 is 12.0 Å². The molecule has 2 aliphatic rings. The Morgan fingerprint density at radius 3 is 2.56 bits per heavy atom. The number of carbonyl (C=O) groups excluding carboxylic acids is 2. The summed E-state index contributed by atoms with van der Waals surface area (Å²) < 4.78 is 5.56. The van der Waals surface area contributed by atoms with Gasteiger partial charge in [-0.05, 0) is 43.4 Å². The summed E-state index contributed by atoms with van der Waals surface area (Å²) in [6.07, 6.45) is 5.84. The van der Waals surface area contributed by atoms with E-state index in [-0.39, 0.29) is 11.8 Å².